The standard InChI is InChI=1S/C18H23N5O2S/c1-13-12-26-17(19-13)21-16(24)14(2)20-18(25)23-10-8-22(9-11-23)15-6-4-3-5-7-15/h3-7,12,14H,8-11H2,1-2H3,(H,20,25)(H,19,21,24). The summed E-state index contributed by atoms with van der Waals surface area (Å²) in [5.74, 6) is -0.268. The zero-order chi connectivity index (χ0) is 18.5. The van der Waals surface area contributed by atoms with Gasteiger partial charge in [-0.05, 0) is 26.0 Å². The lowest BCUT2D eigenvalue weighted by molar-refractivity contribution is -0.117. The number of anilines is 2. The van der Waals surface area contributed by atoms with E-state index in [9.17, 15) is 9.59 Å². The van der Waals surface area contributed by atoms with E-state index in [1.54, 1.807) is 11.8 Å². The van der Waals surface area contributed by atoms with Crippen LogP contribution in [0.1, 0.15) is 12.6 Å². The van der Waals surface area contributed by atoms with Crippen molar-refractivity contribution in [2.45, 2.75) is 19.9 Å². The summed E-state index contributed by atoms with van der Waals surface area (Å²) in [6, 6.07) is 9.32. The first-order valence-corrected chi connectivity index (χ1v) is 9.49. The number of urea groups is 1. The second-order valence-electron chi connectivity index (χ2n) is 6.26. The van der Waals surface area contributed by atoms with E-state index in [4.69, 9.17) is 0 Å². The fraction of sp³-hybridized carbons (Fsp3) is 0.389. The molecule has 2 N–H and O–H groups in total. The molecule has 0 radical (unpaired) electrons. The molecule has 0 spiro atoms. The molecular formula is C18H23N5O2S. The second-order valence-corrected chi connectivity index (χ2v) is 7.12. The summed E-state index contributed by atoms with van der Waals surface area (Å²) in [5.41, 5.74) is 2.03. The summed E-state index contributed by atoms with van der Waals surface area (Å²) in [5, 5.41) is 7.90. The van der Waals surface area contributed by atoms with E-state index in [-0.39, 0.29) is 11.9 Å². The third-order valence-corrected chi connectivity index (χ3v) is 5.15. The van der Waals surface area contributed by atoms with Crippen LogP contribution in [0.15, 0.2) is 35.7 Å². The van der Waals surface area contributed by atoms with Gasteiger partial charge in [0.25, 0.3) is 0 Å². The van der Waals surface area contributed by atoms with Crippen LogP contribution in [0.5, 0.6) is 0 Å². The van der Waals surface area contributed by atoms with E-state index in [1.165, 1.54) is 17.0 Å². The van der Waals surface area contributed by atoms with Gasteiger partial charge in [0.15, 0.2) is 5.13 Å². The van der Waals surface area contributed by atoms with Crippen LogP contribution in [0.2, 0.25) is 0 Å². The van der Waals surface area contributed by atoms with E-state index in [2.05, 4.69) is 32.7 Å². The first-order chi connectivity index (χ1) is 12.5. The smallest absolute Gasteiger partial charge is 0.318 e. The van der Waals surface area contributed by atoms with Crippen LogP contribution in [0.25, 0.3) is 0 Å². The molecule has 0 bridgehead atoms. The van der Waals surface area contributed by atoms with Gasteiger partial charge in [-0.25, -0.2) is 9.78 Å². The Labute approximate surface area is 157 Å². The van der Waals surface area contributed by atoms with Crippen LogP contribution >= 0.6 is 11.3 Å². The van der Waals surface area contributed by atoms with Gasteiger partial charge in [0.2, 0.25) is 5.91 Å². The Balaban J connectivity index is 1.47. The van der Waals surface area contributed by atoms with E-state index < -0.39 is 6.04 Å². The molecule has 1 atom stereocenters. The van der Waals surface area contributed by atoms with Crippen molar-refractivity contribution in [2.75, 3.05) is 36.4 Å². The molecule has 1 aromatic heterocycles. The topological polar surface area (TPSA) is 77.6 Å². The van der Waals surface area contributed by atoms with Crippen LogP contribution in [0.3, 0.4) is 0 Å². The third kappa shape index (κ3) is 4.51. The molecule has 2 aromatic rings. The highest BCUT2D eigenvalue weighted by Crippen LogP contribution is 2.16. The average molecular weight is 373 g/mol. The van der Waals surface area contributed by atoms with Gasteiger partial charge in [-0.15, -0.1) is 11.3 Å². The van der Waals surface area contributed by atoms with E-state index in [0.717, 1.165) is 18.8 Å². The molecule has 138 valence electrons. The number of thiazole rings is 1. The number of aryl methyl sites for hydroxylation is 1. The van der Waals surface area contributed by atoms with E-state index in [0.29, 0.717) is 18.2 Å². The fourth-order valence-electron chi connectivity index (χ4n) is 2.77. The van der Waals surface area contributed by atoms with Gasteiger partial charge in [0.1, 0.15) is 6.04 Å². The van der Waals surface area contributed by atoms with Crippen molar-refractivity contribution >= 4 is 34.1 Å². The number of aromatic nitrogens is 1. The Morgan fingerprint density at radius 2 is 1.85 bits per heavy atom. The third-order valence-electron chi connectivity index (χ3n) is 4.27. The number of hydrogen-bond donors (Lipinski definition) is 2. The minimum atomic E-state index is -0.626. The molecule has 1 saturated heterocycles. The highest BCUT2D eigenvalue weighted by molar-refractivity contribution is 7.13. The molecule has 1 aliphatic rings. The lowest BCUT2D eigenvalue weighted by Crippen LogP contribution is -2.54. The van der Waals surface area contributed by atoms with Crippen molar-refractivity contribution in [3.63, 3.8) is 0 Å². The summed E-state index contributed by atoms with van der Waals surface area (Å²) in [7, 11) is 0. The summed E-state index contributed by atoms with van der Waals surface area (Å²) in [6.45, 7) is 6.34. The van der Waals surface area contributed by atoms with Crippen LogP contribution in [0, 0.1) is 6.92 Å². The zero-order valence-electron chi connectivity index (χ0n) is 14.9. The molecule has 3 amide bonds. The molecular weight excluding hydrogens is 350 g/mol. The molecule has 0 saturated carbocycles. The van der Waals surface area contributed by atoms with Crippen molar-refractivity contribution in [1.82, 2.24) is 15.2 Å². The SMILES string of the molecule is Cc1csc(NC(=O)C(C)NC(=O)N2CCN(c3ccccc3)CC2)n1. The van der Waals surface area contributed by atoms with Gasteiger partial charge in [-0.2, -0.15) is 0 Å². The average Bonchev–Trinajstić information content (AvgIpc) is 3.07. The number of carbonyl (C=O) groups is 2. The second kappa shape index (κ2) is 8.18. The maximum absolute atomic E-state index is 12.4. The summed E-state index contributed by atoms with van der Waals surface area (Å²) >= 11 is 1.37. The highest BCUT2D eigenvalue weighted by Gasteiger charge is 2.24. The largest absolute Gasteiger partial charge is 0.368 e. The summed E-state index contributed by atoms with van der Waals surface area (Å²) < 4.78 is 0. The van der Waals surface area contributed by atoms with Gasteiger partial charge < -0.3 is 20.4 Å². The minimum Gasteiger partial charge on any atom is -0.368 e. The van der Waals surface area contributed by atoms with Gasteiger partial charge >= 0.3 is 6.03 Å². The maximum Gasteiger partial charge on any atom is 0.318 e. The molecule has 8 heteroatoms. The number of benzene rings is 1. The lowest BCUT2D eigenvalue weighted by Gasteiger charge is -2.36. The number of piperazine rings is 1. The van der Waals surface area contributed by atoms with Crippen LogP contribution < -0.4 is 15.5 Å². The van der Waals surface area contributed by atoms with Crippen LogP contribution in [0.4, 0.5) is 15.6 Å². The normalized spacial score (nSPS) is 15.5. The number of amides is 3. The first-order valence-electron chi connectivity index (χ1n) is 8.61. The maximum atomic E-state index is 12.4. The van der Waals surface area contributed by atoms with Crippen molar-refractivity contribution in [2.24, 2.45) is 0 Å². The molecule has 2 heterocycles. The number of para-hydroxylation sites is 1. The van der Waals surface area contributed by atoms with Crippen molar-refractivity contribution < 1.29 is 9.59 Å². The van der Waals surface area contributed by atoms with E-state index >= 15 is 0 Å². The first kappa shape index (κ1) is 18.2. The van der Waals surface area contributed by atoms with E-state index in [1.807, 2.05) is 30.5 Å². The number of rotatable bonds is 4. The van der Waals surface area contributed by atoms with Crippen molar-refractivity contribution in [3.8, 4) is 0 Å². The molecule has 0 aliphatic carbocycles. The Morgan fingerprint density at radius 1 is 1.15 bits per heavy atom. The lowest BCUT2D eigenvalue weighted by atomic mass is 10.2. The Morgan fingerprint density at radius 3 is 2.46 bits per heavy atom. The summed E-state index contributed by atoms with van der Waals surface area (Å²) in [6.07, 6.45) is 0. The zero-order valence-corrected chi connectivity index (χ0v) is 15.8. The number of hydrogen-bond acceptors (Lipinski definition) is 5. The van der Waals surface area contributed by atoms with Gasteiger partial charge in [0, 0.05) is 37.2 Å². The molecule has 3 rings (SSSR count). The Hall–Kier alpha value is -2.61. The minimum absolute atomic E-state index is 0.212. The molecule has 1 unspecified atom stereocenters. The van der Waals surface area contributed by atoms with Crippen molar-refractivity contribution in [1.29, 1.82) is 0 Å². The molecule has 1 fully saturated rings. The van der Waals surface area contributed by atoms with Crippen LogP contribution in [-0.4, -0.2) is 54.0 Å². The van der Waals surface area contributed by atoms with Gasteiger partial charge in [0.05, 0.1) is 5.69 Å². The molecule has 1 aromatic carbocycles. The predicted octanol–water partition coefficient (Wildman–Crippen LogP) is 2.31. The molecule has 1 aliphatic heterocycles. The predicted molar refractivity (Wildman–Crippen MR) is 104 cm³/mol. The molecule has 7 nitrogen and oxygen atoms in total. The van der Waals surface area contributed by atoms with Crippen LogP contribution in [-0.2, 0) is 4.79 Å². The van der Waals surface area contributed by atoms with Gasteiger partial charge in [-0.3, -0.25) is 4.79 Å². The highest BCUT2D eigenvalue weighted by atomic mass is 32.1. The van der Waals surface area contributed by atoms with Gasteiger partial charge in [-0.1, -0.05) is 18.2 Å². The Bertz CT molecular complexity index is 756. The van der Waals surface area contributed by atoms with Crippen molar-refractivity contribution in [3.05, 3.63) is 41.4 Å². The summed E-state index contributed by atoms with van der Waals surface area (Å²) in [4.78, 5) is 32.8. The Kier molecular flexibility index (Phi) is 5.72. The fourth-order valence-corrected chi connectivity index (χ4v) is 3.46. The quantitative estimate of drug-likeness (QED) is 0.862. The monoisotopic (exact) mass is 373 g/mol. The number of nitrogens with one attached hydrogen (secondary N) is 2. The number of nitrogens with zero attached hydrogens (tertiary/aromatic N) is 3. The number of carbonyl (C=O) groups excluding carboxylic acids is 2. The molecule has 26 heavy (non-hydrogen) atoms.